The fraction of sp³-hybridized carbons (Fsp3) is 0.400. The number of aryl methyl sites for hydroxylation is 1. The highest BCUT2D eigenvalue weighted by atomic mass is 32.2. The molecule has 0 fully saturated rings. The molecule has 0 atom stereocenters. The first kappa shape index (κ1) is 12.6. The van der Waals surface area contributed by atoms with Gasteiger partial charge in [-0.25, -0.2) is 0 Å². The smallest absolute Gasteiger partial charge is 0.313 e. The van der Waals surface area contributed by atoms with Crippen molar-refractivity contribution in [2.75, 3.05) is 18.1 Å². The third-order valence-corrected chi connectivity index (χ3v) is 2.67. The monoisotopic (exact) mass is 243 g/mol. The van der Waals surface area contributed by atoms with E-state index in [1.807, 2.05) is 0 Å². The Morgan fingerprint density at radius 1 is 1.50 bits per heavy atom. The average Bonchev–Trinajstić information content (AvgIpc) is 2.63. The number of aliphatic carboxylic acids is 1. The number of thioether (sulfide) groups is 1. The molecular weight excluding hydrogens is 230 g/mol. The van der Waals surface area contributed by atoms with Crippen molar-refractivity contribution in [3.05, 3.63) is 23.7 Å². The molecule has 1 amide bonds. The minimum absolute atomic E-state index is 0.0513. The molecule has 0 saturated carbocycles. The van der Waals surface area contributed by atoms with Gasteiger partial charge in [-0.1, -0.05) is 0 Å². The van der Waals surface area contributed by atoms with Crippen molar-refractivity contribution < 1.29 is 19.1 Å². The number of rotatable bonds is 6. The van der Waals surface area contributed by atoms with Gasteiger partial charge in [0.2, 0.25) is 0 Å². The molecule has 88 valence electrons. The van der Waals surface area contributed by atoms with E-state index in [2.05, 4.69) is 5.32 Å². The van der Waals surface area contributed by atoms with Crippen molar-refractivity contribution in [2.45, 2.75) is 6.92 Å². The van der Waals surface area contributed by atoms with Gasteiger partial charge in [0.15, 0.2) is 5.76 Å². The molecule has 1 heterocycles. The van der Waals surface area contributed by atoms with Gasteiger partial charge in [-0.15, -0.1) is 11.8 Å². The second-order valence-corrected chi connectivity index (χ2v) is 4.22. The quantitative estimate of drug-likeness (QED) is 0.732. The van der Waals surface area contributed by atoms with Crippen molar-refractivity contribution in [1.82, 2.24) is 5.32 Å². The zero-order valence-electron chi connectivity index (χ0n) is 8.86. The number of carbonyl (C=O) groups excluding carboxylic acids is 1. The Bertz CT molecular complexity index is 375. The zero-order valence-corrected chi connectivity index (χ0v) is 9.67. The molecule has 0 saturated heterocycles. The fourth-order valence-electron chi connectivity index (χ4n) is 1.04. The largest absolute Gasteiger partial charge is 0.481 e. The van der Waals surface area contributed by atoms with E-state index in [1.165, 1.54) is 11.8 Å². The van der Waals surface area contributed by atoms with Gasteiger partial charge in [-0.2, -0.15) is 0 Å². The van der Waals surface area contributed by atoms with Crippen LogP contribution >= 0.6 is 11.8 Å². The third kappa shape index (κ3) is 4.39. The van der Waals surface area contributed by atoms with E-state index in [0.29, 0.717) is 18.1 Å². The number of hydrogen-bond donors (Lipinski definition) is 2. The molecule has 1 aromatic rings. The molecule has 16 heavy (non-hydrogen) atoms. The highest BCUT2D eigenvalue weighted by molar-refractivity contribution is 7.99. The van der Waals surface area contributed by atoms with Gasteiger partial charge < -0.3 is 14.8 Å². The molecule has 0 aromatic carbocycles. The van der Waals surface area contributed by atoms with E-state index >= 15 is 0 Å². The van der Waals surface area contributed by atoms with Crippen LogP contribution in [0.15, 0.2) is 16.5 Å². The van der Waals surface area contributed by atoms with E-state index in [9.17, 15) is 9.59 Å². The summed E-state index contributed by atoms with van der Waals surface area (Å²) in [4.78, 5) is 21.6. The van der Waals surface area contributed by atoms with Gasteiger partial charge in [0.05, 0.1) is 5.75 Å². The van der Waals surface area contributed by atoms with Crippen LogP contribution in [0, 0.1) is 6.92 Å². The standard InChI is InChI=1S/C10H13NO4S/c1-7-2-3-8(15-7)10(14)11-4-5-16-6-9(12)13/h2-3H,4-6H2,1H3,(H,11,14)(H,12,13). The highest BCUT2D eigenvalue weighted by Gasteiger charge is 2.08. The summed E-state index contributed by atoms with van der Waals surface area (Å²) < 4.78 is 5.13. The van der Waals surface area contributed by atoms with Crippen LogP contribution in [0.25, 0.3) is 0 Å². The predicted molar refractivity (Wildman–Crippen MR) is 60.7 cm³/mol. The normalized spacial score (nSPS) is 10.1. The molecule has 0 unspecified atom stereocenters. The molecule has 0 aliphatic heterocycles. The SMILES string of the molecule is Cc1ccc(C(=O)NCCSCC(=O)O)o1. The number of carboxylic acids is 1. The predicted octanol–water partition coefficient (Wildman–Crippen LogP) is 1.14. The van der Waals surface area contributed by atoms with Gasteiger partial charge >= 0.3 is 5.97 Å². The topological polar surface area (TPSA) is 79.5 Å². The van der Waals surface area contributed by atoms with Crippen molar-refractivity contribution in [3.8, 4) is 0 Å². The first-order valence-corrected chi connectivity index (χ1v) is 5.89. The van der Waals surface area contributed by atoms with Gasteiger partial charge in [0.1, 0.15) is 5.76 Å². The number of furan rings is 1. The molecule has 5 nitrogen and oxygen atoms in total. The van der Waals surface area contributed by atoms with E-state index in [4.69, 9.17) is 9.52 Å². The van der Waals surface area contributed by atoms with Crippen LogP contribution in [0.3, 0.4) is 0 Å². The molecule has 0 bridgehead atoms. The van der Waals surface area contributed by atoms with Crippen molar-refractivity contribution in [2.24, 2.45) is 0 Å². The molecule has 1 aromatic heterocycles. The maximum absolute atomic E-state index is 11.4. The summed E-state index contributed by atoms with van der Waals surface area (Å²) in [7, 11) is 0. The van der Waals surface area contributed by atoms with E-state index < -0.39 is 5.97 Å². The van der Waals surface area contributed by atoms with Gasteiger partial charge in [-0.05, 0) is 19.1 Å². The molecule has 0 radical (unpaired) electrons. The number of nitrogens with one attached hydrogen (secondary N) is 1. The van der Waals surface area contributed by atoms with Crippen LogP contribution in [0.4, 0.5) is 0 Å². The molecule has 6 heteroatoms. The zero-order chi connectivity index (χ0) is 12.0. The lowest BCUT2D eigenvalue weighted by Gasteiger charge is -2.01. The Labute approximate surface area is 97.2 Å². The minimum atomic E-state index is -0.849. The van der Waals surface area contributed by atoms with Crippen LogP contribution in [-0.4, -0.2) is 35.0 Å². The first-order chi connectivity index (χ1) is 7.59. The van der Waals surface area contributed by atoms with E-state index in [1.54, 1.807) is 19.1 Å². The highest BCUT2D eigenvalue weighted by Crippen LogP contribution is 2.05. The molecule has 2 N–H and O–H groups in total. The van der Waals surface area contributed by atoms with Gasteiger partial charge in [-0.3, -0.25) is 9.59 Å². The summed E-state index contributed by atoms with van der Waals surface area (Å²) in [5, 5.41) is 11.0. The fourth-order valence-corrected chi connectivity index (χ4v) is 1.61. The molecule has 1 rings (SSSR count). The van der Waals surface area contributed by atoms with Crippen molar-refractivity contribution in [3.63, 3.8) is 0 Å². The summed E-state index contributed by atoms with van der Waals surface area (Å²) in [6.07, 6.45) is 0. The van der Waals surface area contributed by atoms with Crippen LogP contribution < -0.4 is 5.32 Å². The summed E-state index contributed by atoms with van der Waals surface area (Å²) in [5.41, 5.74) is 0. The Kier molecular flexibility index (Phi) is 4.91. The average molecular weight is 243 g/mol. The second-order valence-electron chi connectivity index (χ2n) is 3.11. The van der Waals surface area contributed by atoms with Crippen LogP contribution in [0.1, 0.15) is 16.3 Å². The molecular formula is C10H13NO4S. The first-order valence-electron chi connectivity index (χ1n) is 4.74. The lowest BCUT2D eigenvalue weighted by Crippen LogP contribution is -2.25. The minimum Gasteiger partial charge on any atom is -0.481 e. The number of carboxylic acid groups (broad SMARTS) is 1. The maximum atomic E-state index is 11.4. The third-order valence-electron chi connectivity index (χ3n) is 1.72. The summed E-state index contributed by atoms with van der Waals surface area (Å²) in [6, 6.07) is 3.32. The Morgan fingerprint density at radius 2 is 2.25 bits per heavy atom. The van der Waals surface area contributed by atoms with Crippen LogP contribution in [0.5, 0.6) is 0 Å². The molecule has 0 spiro atoms. The van der Waals surface area contributed by atoms with Gasteiger partial charge in [0.25, 0.3) is 5.91 Å². The Hall–Kier alpha value is -1.43. The molecule has 0 aliphatic carbocycles. The van der Waals surface area contributed by atoms with Crippen LogP contribution in [0.2, 0.25) is 0 Å². The van der Waals surface area contributed by atoms with Crippen molar-refractivity contribution in [1.29, 1.82) is 0 Å². The number of amides is 1. The Morgan fingerprint density at radius 3 is 2.81 bits per heavy atom. The van der Waals surface area contributed by atoms with E-state index in [-0.39, 0.29) is 17.4 Å². The maximum Gasteiger partial charge on any atom is 0.313 e. The number of carbonyl (C=O) groups is 2. The van der Waals surface area contributed by atoms with E-state index in [0.717, 1.165) is 0 Å². The van der Waals surface area contributed by atoms with Crippen LogP contribution in [-0.2, 0) is 4.79 Å². The lowest BCUT2D eigenvalue weighted by molar-refractivity contribution is -0.133. The van der Waals surface area contributed by atoms with Crippen molar-refractivity contribution >= 4 is 23.6 Å². The number of hydrogen-bond acceptors (Lipinski definition) is 4. The summed E-state index contributed by atoms with van der Waals surface area (Å²) >= 11 is 1.26. The van der Waals surface area contributed by atoms with Gasteiger partial charge in [0, 0.05) is 12.3 Å². The summed E-state index contributed by atoms with van der Waals surface area (Å²) in [5.74, 6) is 0.459. The Balaban J connectivity index is 2.18. The summed E-state index contributed by atoms with van der Waals surface area (Å²) in [6.45, 7) is 2.19. The second kappa shape index (κ2) is 6.22. The molecule has 0 aliphatic rings. The lowest BCUT2D eigenvalue weighted by atomic mass is 10.4.